The van der Waals surface area contributed by atoms with Gasteiger partial charge in [0.2, 0.25) is 0 Å². The number of aryl methyl sites for hydroxylation is 2. The van der Waals surface area contributed by atoms with E-state index in [1.54, 1.807) is 6.08 Å². The largest absolute Gasteiger partial charge is 0.478 e. The maximum absolute atomic E-state index is 10.9. The third-order valence-corrected chi connectivity index (χ3v) is 3.90. The van der Waals surface area contributed by atoms with Gasteiger partial charge in [-0.05, 0) is 36.6 Å². The van der Waals surface area contributed by atoms with Gasteiger partial charge in [0.05, 0.1) is 11.4 Å². The second kappa shape index (κ2) is 6.08. The maximum Gasteiger partial charge on any atom is 0.328 e. The lowest BCUT2D eigenvalue weighted by Crippen LogP contribution is -1.92. The molecule has 1 aromatic carbocycles. The number of hydrogen-bond donors (Lipinski definition) is 1. The van der Waals surface area contributed by atoms with Crippen LogP contribution in [-0.4, -0.2) is 20.5 Å². The minimum absolute atomic E-state index is 0.773. The van der Waals surface area contributed by atoms with Crippen LogP contribution in [0, 0.1) is 6.92 Å². The van der Waals surface area contributed by atoms with Gasteiger partial charge in [0.25, 0.3) is 0 Å². The van der Waals surface area contributed by atoms with Gasteiger partial charge in [-0.2, -0.15) is 0 Å². The normalized spacial score (nSPS) is 11.4. The zero-order valence-electron chi connectivity index (χ0n) is 13.2. The lowest BCUT2D eigenvalue weighted by molar-refractivity contribution is -0.131. The summed E-state index contributed by atoms with van der Waals surface area (Å²) in [6.45, 7) is 4.11. The van der Waals surface area contributed by atoms with E-state index in [1.807, 2.05) is 41.8 Å². The fourth-order valence-corrected chi connectivity index (χ4v) is 2.64. The van der Waals surface area contributed by atoms with Crippen molar-refractivity contribution >= 4 is 17.7 Å². The fourth-order valence-electron chi connectivity index (χ4n) is 2.64. The van der Waals surface area contributed by atoms with Gasteiger partial charge >= 0.3 is 5.97 Å². The van der Waals surface area contributed by atoms with Crippen molar-refractivity contribution in [3.63, 3.8) is 0 Å². The highest BCUT2D eigenvalue weighted by Crippen LogP contribution is 2.27. The number of carbonyl (C=O) groups is 1. The van der Waals surface area contributed by atoms with Crippen molar-refractivity contribution in [3.05, 3.63) is 65.5 Å². The van der Waals surface area contributed by atoms with Crippen LogP contribution < -0.4 is 0 Å². The van der Waals surface area contributed by atoms with E-state index >= 15 is 0 Å². The first-order chi connectivity index (χ1) is 11.1. The summed E-state index contributed by atoms with van der Waals surface area (Å²) in [6, 6.07) is 12.2. The SMILES string of the molecule is CCc1ccc(-c2nc3c(C)cccn3c2/C=C/C(=O)O)cc1. The molecule has 0 atom stereocenters. The number of carboxylic acid groups (broad SMARTS) is 1. The first-order valence-corrected chi connectivity index (χ1v) is 7.58. The Bertz CT molecular complexity index is 890. The Morgan fingerprint density at radius 1 is 1.26 bits per heavy atom. The molecule has 0 fully saturated rings. The summed E-state index contributed by atoms with van der Waals surface area (Å²) in [5, 5.41) is 8.95. The molecule has 4 nitrogen and oxygen atoms in total. The topological polar surface area (TPSA) is 54.6 Å². The molecule has 3 rings (SSSR count). The molecule has 116 valence electrons. The average molecular weight is 306 g/mol. The number of benzene rings is 1. The molecule has 0 aliphatic carbocycles. The monoisotopic (exact) mass is 306 g/mol. The van der Waals surface area contributed by atoms with Gasteiger partial charge < -0.3 is 5.11 Å². The summed E-state index contributed by atoms with van der Waals surface area (Å²) in [4.78, 5) is 15.6. The lowest BCUT2D eigenvalue weighted by Gasteiger charge is -2.02. The Morgan fingerprint density at radius 3 is 2.65 bits per heavy atom. The average Bonchev–Trinajstić information content (AvgIpc) is 2.93. The Balaban J connectivity index is 2.23. The Hall–Kier alpha value is -2.88. The molecule has 0 radical (unpaired) electrons. The van der Waals surface area contributed by atoms with E-state index in [9.17, 15) is 4.79 Å². The van der Waals surface area contributed by atoms with Crippen LogP contribution in [-0.2, 0) is 11.2 Å². The molecule has 0 unspecified atom stereocenters. The van der Waals surface area contributed by atoms with Crippen LogP contribution in [0.3, 0.4) is 0 Å². The van der Waals surface area contributed by atoms with Crippen LogP contribution in [0.2, 0.25) is 0 Å². The molecule has 4 heteroatoms. The van der Waals surface area contributed by atoms with Crippen LogP contribution in [0.5, 0.6) is 0 Å². The number of carboxylic acids is 1. The third kappa shape index (κ3) is 2.88. The Morgan fingerprint density at radius 2 is 2.00 bits per heavy atom. The van der Waals surface area contributed by atoms with Crippen molar-refractivity contribution in [1.82, 2.24) is 9.38 Å². The summed E-state index contributed by atoms with van der Waals surface area (Å²) in [5.41, 5.74) is 5.70. The number of nitrogens with zero attached hydrogens (tertiary/aromatic N) is 2. The number of hydrogen-bond acceptors (Lipinski definition) is 2. The van der Waals surface area contributed by atoms with Crippen LogP contribution in [0.4, 0.5) is 0 Å². The van der Waals surface area contributed by atoms with Crippen LogP contribution in [0.1, 0.15) is 23.7 Å². The minimum Gasteiger partial charge on any atom is -0.478 e. The molecule has 0 bridgehead atoms. The zero-order chi connectivity index (χ0) is 16.4. The predicted molar refractivity (Wildman–Crippen MR) is 91.4 cm³/mol. The van der Waals surface area contributed by atoms with E-state index in [4.69, 9.17) is 10.1 Å². The van der Waals surface area contributed by atoms with Crippen molar-refractivity contribution in [2.75, 3.05) is 0 Å². The van der Waals surface area contributed by atoms with E-state index < -0.39 is 5.97 Å². The first kappa shape index (κ1) is 15.0. The van der Waals surface area contributed by atoms with Gasteiger partial charge in [-0.1, -0.05) is 37.3 Å². The number of rotatable bonds is 4. The number of pyridine rings is 1. The predicted octanol–water partition coefficient (Wildman–Crippen LogP) is 3.97. The van der Waals surface area contributed by atoms with Gasteiger partial charge in [-0.15, -0.1) is 0 Å². The Kier molecular flexibility index (Phi) is 3.98. The van der Waals surface area contributed by atoms with E-state index in [2.05, 4.69) is 19.1 Å². The molecule has 2 aromatic heterocycles. The van der Waals surface area contributed by atoms with E-state index in [-0.39, 0.29) is 0 Å². The number of imidazole rings is 1. The zero-order valence-corrected chi connectivity index (χ0v) is 13.2. The number of aliphatic carboxylic acids is 1. The molecule has 1 N–H and O–H groups in total. The van der Waals surface area contributed by atoms with Crippen LogP contribution in [0.25, 0.3) is 23.0 Å². The summed E-state index contributed by atoms with van der Waals surface area (Å²) >= 11 is 0. The molecule has 0 aliphatic heterocycles. The highest BCUT2D eigenvalue weighted by molar-refractivity contribution is 5.87. The second-order valence-electron chi connectivity index (χ2n) is 5.45. The lowest BCUT2D eigenvalue weighted by atomic mass is 10.1. The molecule has 0 saturated carbocycles. The summed E-state index contributed by atoms with van der Waals surface area (Å²) < 4.78 is 1.93. The minimum atomic E-state index is -0.972. The summed E-state index contributed by atoms with van der Waals surface area (Å²) in [7, 11) is 0. The van der Waals surface area contributed by atoms with Gasteiger partial charge in [-0.25, -0.2) is 9.78 Å². The molecule has 0 spiro atoms. The smallest absolute Gasteiger partial charge is 0.328 e. The maximum atomic E-state index is 10.9. The van der Waals surface area contributed by atoms with Gasteiger partial charge in [-0.3, -0.25) is 4.40 Å². The molecule has 0 aliphatic rings. The number of fused-ring (bicyclic) bond motifs is 1. The van der Waals surface area contributed by atoms with E-state index in [1.165, 1.54) is 5.56 Å². The van der Waals surface area contributed by atoms with E-state index in [0.29, 0.717) is 0 Å². The Labute approximate surface area is 134 Å². The van der Waals surface area contributed by atoms with Crippen LogP contribution in [0.15, 0.2) is 48.7 Å². The van der Waals surface area contributed by atoms with Crippen molar-refractivity contribution in [3.8, 4) is 11.3 Å². The highest BCUT2D eigenvalue weighted by atomic mass is 16.4. The van der Waals surface area contributed by atoms with Crippen LogP contribution >= 0.6 is 0 Å². The molecule has 3 aromatic rings. The quantitative estimate of drug-likeness (QED) is 0.742. The molecular weight excluding hydrogens is 288 g/mol. The van der Waals surface area contributed by atoms with Crippen molar-refractivity contribution in [2.24, 2.45) is 0 Å². The summed E-state index contributed by atoms with van der Waals surface area (Å²) in [5.74, 6) is -0.972. The number of aromatic nitrogens is 2. The molecule has 0 saturated heterocycles. The summed E-state index contributed by atoms with van der Waals surface area (Å²) in [6.07, 6.45) is 5.64. The van der Waals surface area contributed by atoms with Gasteiger partial charge in [0, 0.05) is 17.8 Å². The molecule has 0 amide bonds. The molecule has 23 heavy (non-hydrogen) atoms. The standard InChI is InChI=1S/C19H18N2O2/c1-3-14-6-8-15(9-7-14)18-16(10-11-17(22)23)21-12-4-5-13(2)19(21)20-18/h4-12H,3H2,1-2H3,(H,22,23)/b11-10+. The van der Waals surface area contributed by atoms with Crippen molar-refractivity contribution in [2.45, 2.75) is 20.3 Å². The van der Waals surface area contributed by atoms with Crippen molar-refractivity contribution < 1.29 is 9.90 Å². The van der Waals surface area contributed by atoms with Gasteiger partial charge in [0.15, 0.2) is 0 Å². The van der Waals surface area contributed by atoms with Gasteiger partial charge in [0.1, 0.15) is 5.65 Å². The van der Waals surface area contributed by atoms with Crippen molar-refractivity contribution in [1.29, 1.82) is 0 Å². The molecular formula is C19H18N2O2. The highest BCUT2D eigenvalue weighted by Gasteiger charge is 2.13. The third-order valence-electron chi connectivity index (χ3n) is 3.90. The van der Waals surface area contributed by atoms with E-state index in [0.717, 1.165) is 40.7 Å². The second-order valence-corrected chi connectivity index (χ2v) is 5.45. The first-order valence-electron chi connectivity index (χ1n) is 7.58. The fraction of sp³-hybridized carbons (Fsp3) is 0.158. The molecule has 2 heterocycles.